The zero-order valence-electron chi connectivity index (χ0n) is 7.34. The van der Waals surface area contributed by atoms with Crippen LogP contribution in [0, 0.1) is 5.82 Å². The van der Waals surface area contributed by atoms with Gasteiger partial charge in [0.2, 0.25) is 5.91 Å². The molecular weight excluding hydrogens is 207 g/mol. The monoisotopic (exact) mass is 216 g/mol. The van der Waals surface area contributed by atoms with Crippen molar-refractivity contribution in [1.29, 1.82) is 0 Å². The van der Waals surface area contributed by atoms with Crippen molar-refractivity contribution in [3.8, 4) is 0 Å². The van der Waals surface area contributed by atoms with Gasteiger partial charge in [-0.25, -0.2) is 4.39 Å². The highest BCUT2D eigenvalue weighted by molar-refractivity contribution is 6.30. The summed E-state index contributed by atoms with van der Waals surface area (Å²) < 4.78 is 13.2. The summed E-state index contributed by atoms with van der Waals surface area (Å²) in [7, 11) is 0. The minimum Gasteiger partial charge on any atom is -0.370 e. The van der Waals surface area contributed by atoms with Crippen LogP contribution in [0.15, 0.2) is 18.2 Å². The van der Waals surface area contributed by atoms with Gasteiger partial charge >= 0.3 is 0 Å². The fourth-order valence-corrected chi connectivity index (χ4v) is 1.31. The van der Waals surface area contributed by atoms with E-state index in [2.05, 4.69) is 0 Å². The van der Waals surface area contributed by atoms with Gasteiger partial charge in [0, 0.05) is 23.0 Å². The Balaban J connectivity index is 2.93. The first kappa shape index (κ1) is 10.9. The van der Waals surface area contributed by atoms with Crippen LogP contribution in [0.5, 0.6) is 0 Å². The number of halogens is 2. The van der Waals surface area contributed by atoms with Crippen LogP contribution < -0.4 is 11.5 Å². The minimum atomic E-state index is -0.744. The highest BCUT2D eigenvalue weighted by Crippen LogP contribution is 2.21. The second-order valence-electron chi connectivity index (χ2n) is 2.94. The molecule has 0 saturated heterocycles. The van der Waals surface area contributed by atoms with Crippen LogP contribution in [0.3, 0.4) is 0 Å². The summed E-state index contributed by atoms with van der Waals surface area (Å²) in [6, 6.07) is 3.27. The molecule has 0 bridgehead atoms. The van der Waals surface area contributed by atoms with Gasteiger partial charge in [-0.15, -0.1) is 0 Å². The Morgan fingerprint density at radius 2 is 2.21 bits per heavy atom. The van der Waals surface area contributed by atoms with Crippen molar-refractivity contribution in [3.05, 3.63) is 34.6 Å². The molecular formula is C9H10ClFN2O. The summed E-state index contributed by atoms with van der Waals surface area (Å²) in [6.07, 6.45) is -0.0999. The number of primary amides is 1. The molecule has 5 heteroatoms. The Morgan fingerprint density at radius 1 is 1.57 bits per heavy atom. The molecule has 0 spiro atoms. The fraction of sp³-hybridized carbons (Fsp3) is 0.222. The number of carbonyl (C=O) groups excluding carboxylic acids is 1. The minimum absolute atomic E-state index is 0.0999. The van der Waals surface area contributed by atoms with Crippen molar-refractivity contribution in [2.24, 2.45) is 11.5 Å². The number of nitrogens with two attached hydrogens (primary N) is 2. The predicted molar refractivity (Wildman–Crippen MR) is 52.1 cm³/mol. The Kier molecular flexibility index (Phi) is 3.43. The molecule has 1 unspecified atom stereocenters. The molecule has 14 heavy (non-hydrogen) atoms. The summed E-state index contributed by atoms with van der Waals surface area (Å²) in [4.78, 5) is 10.6. The lowest BCUT2D eigenvalue weighted by Gasteiger charge is -2.10. The quantitative estimate of drug-likeness (QED) is 0.801. The van der Waals surface area contributed by atoms with Gasteiger partial charge in [-0.1, -0.05) is 11.6 Å². The second-order valence-corrected chi connectivity index (χ2v) is 3.38. The van der Waals surface area contributed by atoms with Crippen molar-refractivity contribution in [3.63, 3.8) is 0 Å². The predicted octanol–water partition coefficient (Wildman–Crippen LogP) is 1.35. The summed E-state index contributed by atoms with van der Waals surface area (Å²) >= 11 is 5.66. The van der Waals surface area contributed by atoms with Gasteiger partial charge < -0.3 is 11.5 Å². The lowest BCUT2D eigenvalue weighted by Crippen LogP contribution is -2.21. The summed E-state index contributed by atoms with van der Waals surface area (Å²) in [5, 5.41) is 0.376. The van der Waals surface area contributed by atoms with Gasteiger partial charge in [0.25, 0.3) is 0 Å². The van der Waals surface area contributed by atoms with Crippen molar-refractivity contribution < 1.29 is 9.18 Å². The van der Waals surface area contributed by atoms with Gasteiger partial charge in [0.05, 0.1) is 0 Å². The number of hydrogen-bond donors (Lipinski definition) is 2. The molecule has 1 aromatic rings. The summed E-state index contributed by atoms with van der Waals surface area (Å²) in [5.41, 5.74) is 10.7. The van der Waals surface area contributed by atoms with E-state index >= 15 is 0 Å². The summed E-state index contributed by atoms with van der Waals surface area (Å²) in [6.45, 7) is 0. The molecule has 0 radical (unpaired) electrons. The average Bonchev–Trinajstić information content (AvgIpc) is 2.08. The third-order valence-corrected chi connectivity index (χ3v) is 2.01. The Labute approximate surface area is 85.8 Å². The number of hydrogen-bond acceptors (Lipinski definition) is 2. The number of benzene rings is 1. The standard InChI is InChI=1S/C9H10ClFN2O/c10-5-1-2-7(11)6(3-5)8(12)4-9(13)14/h1-3,8H,4,12H2,(H2,13,14). The van der Waals surface area contributed by atoms with E-state index in [0.29, 0.717) is 5.02 Å². The number of rotatable bonds is 3. The van der Waals surface area contributed by atoms with Crippen LogP contribution in [0.1, 0.15) is 18.0 Å². The SMILES string of the molecule is NC(=O)CC(N)c1cc(Cl)ccc1F. The number of carbonyl (C=O) groups is 1. The first-order chi connectivity index (χ1) is 6.50. The van der Waals surface area contributed by atoms with Crippen molar-refractivity contribution >= 4 is 17.5 Å². The van der Waals surface area contributed by atoms with Gasteiger partial charge in [0.15, 0.2) is 0 Å². The molecule has 0 heterocycles. The maximum Gasteiger partial charge on any atom is 0.219 e. The molecule has 1 rings (SSSR count). The molecule has 1 atom stereocenters. The lowest BCUT2D eigenvalue weighted by atomic mass is 10.0. The molecule has 0 aromatic heterocycles. The van der Waals surface area contributed by atoms with E-state index in [9.17, 15) is 9.18 Å². The second kappa shape index (κ2) is 4.39. The van der Waals surface area contributed by atoms with E-state index in [0.717, 1.165) is 0 Å². The summed E-state index contributed by atoms with van der Waals surface area (Å²) in [5.74, 6) is -1.06. The van der Waals surface area contributed by atoms with Crippen molar-refractivity contribution in [2.75, 3.05) is 0 Å². The first-order valence-corrected chi connectivity index (χ1v) is 4.37. The lowest BCUT2D eigenvalue weighted by molar-refractivity contribution is -0.118. The molecule has 4 N–H and O–H groups in total. The van der Waals surface area contributed by atoms with Crippen molar-refractivity contribution in [2.45, 2.75) is 12.5 Å². The smallest absolute Gasteiger partial charge is 0.219 e. The van der Waals surface area contributed by atoms with Crippen LogP contribution in [-0.4, -0.2) is 5.91 Å². The Hall–Kier alpha value is -1.13. The van der Waals surface area contributed by atoms with Crippen LogP contribution in [0.2, 0.25) is 5.02 Å². The van der Waals surface area contributed by atoms with Gasteiger partial charge in [0.1, 0.15) is 5.82 Å². The molecule has 0 aliphatic rings. The average molecular weight is 217 g/mol. The topological polar surface area (TPSA) is 69.1 Å². The van der Waals surface area contributed by atoms with Crippen LogP contribution >= 0.6 is 11.6 Å². The van der Waals surface area contributed by atoms with E-state index in [1.807, 2.05) is 0 Å². The Morgan fingerprint density at radius 3 is 2.79 bits per heavy atom. The Bertz CT molecular complexity index is 357. The molecule has 3 nitrogen and oxygen atoms in total. The third-order valence-electron chi connectivity index (χ3n) is 1.78. The van der Waals surface area contributed by atoms with Crippen molar-refractivity contribution in [1.82, 2.24) is 0 Å². The number of amides is 1. The highest BCUT2D eigenvalue weighted by Gasteiger charge is 2.13. The maximum atomic E-state index is 13.2. The molecule has 0 aliphatic carbocycles. The molecule has 0 fully saturated rings. The fourth-order valence-electron chi connectivity index (χ4n) is 1.13. The van der Waals surface area contributed by atoms with Gasteiger partial charge in [-0.3, -0.25) is 4.79 Å². The third kappa shape index (κ3) is 2.68. The van der Waals surface area contributed by atoms with E-state index < -0.39 is 17.8 Å². The zero-order chi connectivity index (χ0) is 10.7. The molecule has 76 valence electrons. The maximum absolute atomic E-state index is 13.2. The first-order valence-electron chi connectivity index (χ1n) is 3.99. The highest BCUT2D eigenvalue weighted by atomic mass is 35.5. The van der Waals surface area contributed by atoms with E-state index in [1.54, 1.807) is 0 Å². The zero-order valence-corrected chi connectivity index (χ0v) is 8.09. The van der Waals surface area contributed by atoms with E-state index in [-0.39, 0.29) is 12.0 Å². The van der Waals surface area contributed by atoms with Gasteiger partial charge in [-0.05, 0) is 18.2 Å². The van der Waals surface area contributed by atoms with E-state index in [4.69, 9.17) is 23.1 Å². The molecule has 1 aromatic carbocycles. The van der Waals surface area contributed by atoms with Crippen LogP contribution in [0.4, 0.5) is 4.39 Å². The molecule has 0 aliphatic heterocycles. The van der Waals surface area contributed by atoms with Crippen LogP contribution in [0.25, 0.3) is 0 Å². The van der Waals surface area contributed by atoms with Crippen LogP contribution in [-0.2, 0) is 4.79 Å². The largest absolute Gasteiger partial charge is 0.370 e. The van der Waals surface area contributed by atoms with E-state index in [1.165, 1.54) is 18.2 Å². The van der Waals surface area contributed by atoms with Gasteiger partial charge in [-0.2, -0.15) is 0 Å². The molecule has 1 amide bonds. The normalized spacial score (nSPS) is 12.5. The molecule has 0 saturated carbocycles.